The minimum absolute atomic E-state index is 0.190. The van der Waals surface area contributed by atoms with Crippen LogP contribution in [-0.2, 0) is 15.9 Å². The topological polar surface area (TPSA) is 50.7 Å². The lowest BCUT2D eigenvalue weighted by molar-refractivity contribution is -0.0594. The fourth-order valence-electron chi connectivity index (χ4n) is 3.85. The number of nitrogens with one attached hydrogen (secondary N) is 1. The lowest BCUT2D eigenvalue weighted by Crippen LogP contribution is -2.42. The van der Waals surface area contributed by atoms with Gasteiger partial charge in [-0.15, -0.1) is 0 Å². The summed E-state index contributed by atoms with van der Waals surface area (Å²) in [6.07, 6.45) is 3.93. The minimum atomic E-state index is -0.474. The summed E-state index contributed by atoms with van der Waals surface area (Å²) in [5, 5.41) is 13.9. The first-order valence-electron chi connectivity index (χ1n) is 9.25. The van der Waals surface area contributed by atoms with Gasteiger partial charge in [0.25, 0.3) is 0 Å². The molecule has 1 aliphatic heterocycles. The maximum absolute atomic E-state index is 10.3. The van der Waals surface area contributed by atoms with Crippen LogP contribution in [0.5, 0.6) is 0 Å². The lowest BCUT2D eigenvalue weighted by atomic mass is 9.70. The van der Waals surface area contributed by atoms with Gasteiger partial charge < -0.3 is 19.9 Å². The van der Waals surface area contributed by atoms with Crippen LogP contribution in [0.1, 0.15) is 50.3 Å². The fourth-order valence-corrected chi connectivity index (χ4v) is 3.85. The number of hydrogen-bond acceptors (Lipinski definition) is 4. The maximum atomic E-state index is 10.3. The molecule has 2 aliphatic rings. The summed E-state index contributed by atoms with van der Waals surface area (Å²) >= 11 is 0. The Morgan fingerprint density at radius 1 is 1.29 bits per heavy atom. The number of benzene rings is 1. The van der Waals surface area contributed by atoms with Gasteiger partial charge in [0.2, 0.25) is 0 Å². The number of rotatable bonds is 6. The fraction of sp³-hybridized carbons (Fsp3) is 0.700. The number of hydrogen-bond donors (Lipinski definition) is 2. The maximum Gasteiger partial charge on any atom is 0.0898 e. The van der Waals surface area contributed by atoms with Gasteiger partial charge in [-0.05, 0) is 42.2 Å². The molecular formula is C20H31NO3. The number of ether oxygens (including phenoxy) is 2. The number of aliphatic hydroxyl groups excluding tert-OH is 1. The van der Waals surface area contributed by atoms with E-state index in [4.69, 9.17) is 9.47 Å². The molecular weight excluding hydrogens is 302 g/mol. The van der Waals surface area contributed by atoms with E-state index in [0.29, 0.717) is 13.2 Å². The third kappa shape index (κ3) is 4.37. The summed E-state index contributed by atoms with van der Waals surface area (Å²) in [7, 11) is 0. The normalized spacial score (nSPS) is 25.2. The zero-order valence-electron chi connectivity index (χ0n) is 15.0. The van der Waals surface area contributed by atoms with Gasteiger partial charge in [0.05, 0.1) is 18.8 Å². The van der Waals surface area contributed by atoms with Gasteiger partial charge >= 0.3 is 0 Å². The first-order valence-corrected chi connectivity index (χ1v) is 9.25. The van der Waals surface area contributed by atoms with Gasteiger partial charge in [0, 0.05) is 25.8 Å². The van der Waals surface area contributed by atoms with Crippen LogP contribution in [0.4, 0.5) is 0 Å². The Kier molecular flexibility index (Phi) is 5.93. The quantitative estimate of drug-likeness (QED) is 0.840. The van der Waals surface area contributed by atoms with Gasteiger partial charge in [0.1, 0.15) is 0 Å². The standard InChI is InChI=1S/C20H31NO3/c1-20(2)10-7-15-5-3-4-6-18(15)19(20)21-13-16(22)14-24-17-8-11-23-12-9-17/h3-6,16-17,19,21-22H,7-14H2,1-2H3/t16-,19-/m1/s1. The van der Waals surface area contributed by atoms with E-state index < -0.39 is 6.10 Å². The van der Waals surface area contributed by atoms with Crippen molar-refractivity contribution in [3.8, 4) is 0 Å². The third-order valence-electron chi connectivity index (χ3n) is 5.44. The van der Waals surface area contributed by atoms with E-state index in [-0.39, 0.29) is 17.6 Å². The largest absolute Gasteiger partial charge is 0.389 e. The molecule has 0 radical (unpaired) electrons. The second kappa shape index (κ2) is 7.96. The van der Waals surface area contributed by atoms with Gasteiger partial charge in [-0.3, -0.25) is 0 Å². The van der Waals surface area contributed by atoms with Crippen LogP contribution in [0.15, 0.2) is 24.3 Å². The Bertz CT molecular complexity index is 525. The third-order valence-corrected chi connectivity index (χ3v) is 5.44. The predicted octanol–water partition coefficient (Wildman–Crippen LogP) is 2.85. The summed E-state index contributed by atoms with van der Waals surface area (Å²) in [6.45, 7) is 7.12. The van der Waals surface area contributed by atoms with E-state index in [0.717, 1.165) is 38.9 Å². The van der Waals surface area contributed by atoms with Crippen LogP contribution < -0.4 is 5.32 Å². The summed E-state index contributed by atoms with van der Waals surface area (Å²) in [5.41, 5.74) is 3.00. The Morgan fingerprint density at radius 2 is 2.04 bits per heavy atom. The highest BCUT2D eigenvalue weighted by atomic mass is 16.5. The average Bonchev–Trinajstić information content (AvgIpc) is 2.59. The first-order chi connectivity index (χ1) is 11.6. The molecule has 1 aromatic rings. The lowest BCUT2D eigenvalue weighted by Gasteiger charge is -2.41. The summed E-state index contributed by atoms with van der Waals surface area (Å²) in [4.78, 5) is 0. The van der Waals surface area contributed by atoms with Crippen molar-refractivity contribution in [2.45, 2.75) is 57.8 Å². The van der Waals surface area contributed by atoms with Gasteiger partial charge in [-0.25, -0.2) is 0 Å². The second-order valence-corrected chi connectivity index (χ2v) is 7.83. The molecule has 0 bridgehead atoms. The van der Waals surface area contributed by atoms with Gasteiger partial charge in [0.15, 0.2) is 0 Å². The molecule has 24 heavy (non-hydrogen) atoms. The zero-order chi connectivity index (χ0) is 17.0. The summed E-state index contributed by atoms with van der Waals surface area (Å²) in [5.74, 6) is 0. The van der Waals surface area contributed by atoms with E-state index in [1.165, 1.54) is 11.1 Å². The number of aryl methyl sites for hydroxylation is 1. The Hall–Kier alpha value is -0.940. The van der Waals surface area contributed by atoms with Crippen LogP contribution in [0, 0.1) is 5.41 Å². The Labute approximate surface area is 145 Å². The molecule has 1 fully saturated rings. The van der Waals surface area contributed by atoms with Crippen molar-refractivity contribution in [3.63, 3.8) is 0 Å². The molecule has 0 spiro atoms. The van der Waals surface area contributed by atoms with E-state index in [1.807, 2.05) is 0 Å². The van der Waals surface area contributed by atoms with Crippen molar-refractivity contribution >= 4 is 0 Å². The van der Waals surface area contributed by atoms with E-state index in [9.17, 15) is 5.11 Å². The smallest absolute Gasteiger partial charge is 0.0898 e. The molecule has 1 saturated heterocycles. The van der Waals surface area contributed by atoms with Crippen molar-refractivity contribution in [2.75, 3.05) is 26.4 Å². The average molecular weight is 333 g/mol. The Balaban J connectivity index is 1.52. The highest BCUT2D eigenvalue weighted by molar-refractivity contribution is 5.34. The zero-order valence-corrected chi connectivity index (χ0v) is 15.0. The van der Waals surface area contributed by atoms with Crippen molar-refractivity contribution in [1.29, 1.82) is 0 Å². The van der Waals surface area contributed by atoms with E-state index in [2.05, 4.69) is 43.4 Å². The van der Waals surface area contributed by atoms with Crippen LogP contribution >= 0.6 is 0 Å². The number of fused-ring (bicyclic) bond motifs is 1. The summed E-state index contributed by atoms with van der Waals surface area (Å²) < 4.78 is 11.2. The molecule has 1 heterocycles. The van der Waals surface area contributed by atoms with Gasteiger partial charge in [-0.1, -0.05) is 38.1 Å². The van der Waals surface area contributed by atoms with Crippen LogP contribution in [-0.4, -0.2) is 43.7 Å². The van der Waals surface area contributed by atoms with Crippen LogP contribution in [0.25, 0.3) is 0 Å². The molecule has 134 valence electrons. The molecule has 4 heteroatoms. The molecule has 3 rings (SSSR count). The van der Waals surface area contributed by atoms with Crippen molar-refractivity contribution in [1.82, 2.24) is 5.32 Å². The molecule has 0 aromatic heterocycles. The minimum Gasteiger partial charge on any atom is -0.389 e. The molecule has 4 nitrogen and oxygen atoms in total. The second-order valence-electron chi connectivity index (χ2n) is 7.83. The molecule has 0 saturated carbocycles. The van der Waals surface area contributed by atoms with Crippen LogP contribution in [0.3, 0.4) is 0 Å². The monoisotopic (exact) mass is 333 g/mol. The van der Waals surface area contributed by atoms with Crippen molar-refractivity contribution in [2.24, 2.45) is 5.41 Å². The molecule has 2 atom stereocenters. The number of aliphatic hydroxyl groups is 1. The van der Waals surface area contributed by atoms with Crippen molar-refractivity contribution in [3.05, 3.63) is 35.4 Å². The first kappa shape index (κ1) is 17.9. The molecule has 2 N–H and O–H groups in total. The predicted molar refractivity (Wildman–Crippen MR) is 95.1 cm³/mol. The molecule has 0 amide bonds. The highest BCUT2D eigenvalue weighted by Gasteiger charge is 2.35. The van der Waals surface area contributed by atoms with Gasteiger partial charge in [-0.2, -0.15) is 0 Å². The molecule has 1 aliphatic carbocycles. The SMILES string of the molecule is CC1(C)CCc2ccccc2[C@H]1NC[C@@H](O)COC1CCOCC1. The van der Waals surface area contributed by atoms with E-state index >= 15 is 0 Å². The Morgan fingerprint density at radius 3 is 2.83 bits per heavy atom. The molecule has 1 aromatic carbocycles. The van der Waals surface area contributed by atoms with E-state index in [1.54, 1.807) is 0 Å². The van der Waals surface area contributed by atoms with Crippen molar-refractivity contribution < 1.29 is 14.6 Å². The summed E-state index contributed by atoms with van der Waals surface area (Å²) in [6, 6.07) is 8.95. The highest BCUT2D eigenvalue weighted by Crippen LogP contribution is 2.43. The molecule has 0 unspecified atom stereocenters. The van der Waals surface area contributed by atoms with Crippen LogP contribution in [0.2, 0.25) is 0 Å².